The molecule has 9 heavy (non-hydrogen) atoms. The van der Waals surface area contributed by atoms with E-state index in [0.29, 0.717) is 0 Å². The van der Waals surface area contributed by atoms with Gasteiger partial charge in [0.2, 0.25) is 0 Å². The molecule has 0 saturated carbocycles. The fraction of sp³-hybridized carbons (Fsp3) is 0.250. The quantitative estimate of drug-likeness (QED) is 0.559. The predicted molar refractivity (Wildman–Crippen MR) is 40.5 cm³/mol. The second-order valence-corrected chi connectivity index (χ2v) is 5.71. The average Bonchev–Trinajstić information content (AvgIpc) is 2.35. The first-order valence-electron chi connectivity index (χ1n) is 3.09. The van der Waals surface area contributed by atoms with Crippen LogP contribution in [0.2, 0.25) is 4.47 Å². The molecular weight excluding hydrogens is 224 g/mol. The van der Waals surface area contributed by atoms with E-state index < -0.39 is 0 Å². The SMILES string of the molecule is CC1=C2C=CC=C2C[Te]1. The van der Waals surface area contributed by atoms with Gasteiger partial charge in [0.15, 0.2) is 0 Å². The van der Waals surface area contributed by atoms with Crippen molar-refractivity contribution in [1.29, 1.82) is 0 Å². The molecule has 0 nitrogen and oxygen atoms in total. The summed E-state index contributed by atoms with van der Waals surface area (Å²) in [5.74, 6) is 0. The fourth-order valence-corrected chi connectivity index (χ4v) is 3.98. The molecule has 2 rings (SSSR count). The Morgan fingerprint density at radius 2 is 2.44 bits per heavy atom. The van der Waals surface area contributed by atoms with Crippen molar-refractivity contribution < 1.29 is 0 Å². The van der Waals surface area contributed by atoms with E-state index in [-0.39, 0.29) is 20.9 Å². The maximum absolute atomic E-state index is 2.29. The van der Waals surface area contributed by atoms with Crippen LogP contribution in [0.3, 0.4) is 0 Å². The molecule has 0 N–H and O–H groups in total. The molecule has 0 spiro atoms. The van der Waals surface area contributed by atoms with Gasteiger partial charge in [0.25, 0.3) is 0 Å². The van der Waals surface area contributed by atoms with Crippen LogP contribution in [0.5, 0.6) is 0 Å². The van der Waals surface area contributed by atoms with Crippen LogP contribution >= 0.6 is 0 Å². The summed E-state index contributed by atoms with van der Waals surface area (Å²) in [6.07, 6.45) is 6.68. The Morgan fingerprint density at radius 1 is 1.56 bits per heavy atom. The van der Waals surface area contributed by atoms with Crippen LogP contribution in [0.25, 0.3) is 0 Å². The predicted octanol–water partition coefficient (Wildman–Crippen LogP) is 1.89. The molecule has 0 bridgehead atoms. The molecule has 0 fully saturated rings. The third-order valence-corrected chi connectivity index (χ3v) is 4.89. The van der Waals surface area contributed by atoms with Crippen molar-refractivity contribution in [1.82, 2.24) is 0 Å². The molecular formula is C8H8Te. The van der Waals surface area contributed by atoms with Crippen molar-refractivity contribution in [3.8, 4) is 0 Å². The molecule has 46 valence electrons. The zero-order chi connectivity index (χ0) is 6.27. The molecule has 0 radical (unpaired) electrons. The Balaban J connectivity index is 2.52. The van der Waals surface area contributed by atoms with Crippen LogP contribution in [0.4, 0.5) is 0 Å². The molecule has 2 aliphatic rings. The van der Waals surface area contributed by atoms with Crippen molar-refractivity contribution in [2.45, 2.75) is 11.4 Å². The Kier molecular flexibility index (Phi) is 1.29. The van der Waals surface area contributed by atoms with Crippen LogP contribution in [0, 0.1) is 0 Å². The number of fused-ring (bicyclic) bond motifs is 1. The van der Waals surface area contributed by atoms with E-state index in [1.165, 1.54) is 4.47 Å². The molecule has 0 aromatic heterocycles. The third-order valence-electron chi connectivity index (χ3n) is 1.73. The Labute approximate surface area is 65.4 Å². The Bertz CT molecular complexity index is 231. The summed E-state index contributed by atoms with van der Waals surface area (Å²) in [6.45, 7) is 2.29. The van der Waals surface area contributed by atoms with Gasteiger partial charge in [0, 0.05) is 0 Å². The van der Waals surface area contributed by atoms with Crippen LogP contribution in [0.15, 0.2) is 33.0 Å². The Morgan fingerprint density at radius 3 is 3.22 bits per heavy atom. The van der Waals surface area contributed by atoms with Crippen molar-refractivity contribution >= 4 is 20.9 Å². The second kappa shape index (κ2) is 2.01. The van der Waals surface area contributed by atoms with Crippen molar-refractivity contribution in [3.05, 3.63) is 33.0 Å². The summed E-state index contributed by atoms with van der Waals surface area (Å²) < 4.78 is 3.10. The van der Waals surface area contributed by atoms with E-state index >= 15 is 0 Å². The van der Waals surface area contributed by atoms with E-state index in [1.807, 2.05) is 0 Å². The topological polar surface area (TPSA) is 0 Å². The van der Waals surface area contributed by atoms with Gasteiger partial charge in [-0.3, -0.25) is 0 Å². The van der Waals surface area contributed by atoms with Crippen molar-refractivity contribution in [2.75, 3.05) is 0 Å². The van der Waals surface area contributed by atoms with Gasteiger partial charge in [-0.1, -0.05) is 0 Å². The van der Waals surface area contributed by atoms with Gasteiger partial charge in [-0.05, 0) is 0 Å². The summed E-state index contributed by atoms with van der Waals surface area (Å²) >= 11 is 0.244. The minimum atomic E-state index is 0.244. The van der Waals surface area contributed by atoms with Crippen molar-refractivity contribution in [2.24, 2.45) is 0 Å². The molecule has 0 aromatic rings. The van der Waals surface area contributed by atoms with Gasteiger partial charge >= 0.3 is 65.3 Å². The number of rotatable bonds is 0. The van der Waals surface area contributed by atoms with Gasteiger partial charge in [0.1, 0.15) is 0 Å². The van der Waals surface area contributed by atoms with E-state index in [0.717, 1.165) is 0 Å². The molecule has 0 saturated heterocycles. The standard InChI is InChI=1S/C8H8Te/c1-6-8-4-2-3-7(8)5-9-6/h2-4H,5H2,1H3. The van der Waals surface area contributed by atoms with Crippen LogP contribution < -0.4 is 0 Å². The van der Waals surface area contributed by atoms with Crippen LogP contribution in [-0.2, 0) is 0 Å². The summed E-state index contributed by atoms with van der Waals surface area (Å²) in [7, 11) is 0. The molecule has 0 unspecified atom stereocenters. The first-order valence-corrected chi connectivity index (χ1v) is 5.90. The maximum atomic E-state index is 2.29. The molecule has 1 heteroatoms. The van der Waals surface area contributed by atoms with Crippen LogP contribution in [-0.4, -0.2) is 20.9 Å². The van der Waals surface area contributed by atoms with Gasteiger partial charge in [-0.15, -0.1) is 0 Å². The number of allylic oxidation sites excluding steroid dienone is 6. The molecule has 0 atom stereocenters. The first-order chi connectivity index (χ1) is 4.38. The average molecular weight is 232 g/mol. The number of hydrogen-bond donors (Lipinski definition) is 0. The van der Waals surface area contributed by atoms with Gasteiger partial charge in [-0.25, -0.2) is 0 Å². The van der Waals surface area contributed by atoms with Crippen molar-refractivity contribution in [3.63, 3.8) is 0 Å². The molecule has 0 aromatic carbocycles. The van der Waals surface area contributed by atoms with E-state index in [9.17, 15) is 0 Å². The van der Waals surface area contributed by atoms with Gasteiger partial charge in [0.05, 0.1) is 0 Å². The summed E-state index contributed by atoms with van der Waals surface area (Å²) in [4.78, 5) is 0. The summed E-state index contributed by atoms with van der Waals surface area (Å²) in [5.41, 5.74) is 3.17. The third kappa shape index (κ3) is 0.800. The molecule has 1 aliphatic carbocycles. The van der Waals surface area contributed by atoms with Crippen LogP contribution in [0.1, 0.15) is 6.92 Å². The van der Waals surface area contributed by atoms with E-state index in [2.05, 4.69) is 25.2 Å². The normalized spacial score (nSPS) is 23.0. The monoisotopic (exact) mass is 234 g/mol. The molecule has 1 heterocycles. The molecule has 1 aliphatic heterocycles. The fourth-order valence-electron chi connectivity index (χ4n) is 1.19. The Hall–Kier alpha value is 0.00961. The summed E-state index contributed by atoms with van der Waals surface area (Å²) in [6, 6.07) is 0. The zero-order valence-electron chi connectivity index (χ0n) is 5.35. The minimum absolute atomic E-state index is 0.244. The zero-order valence-corrected chi connectivity index (χ0v) is 7.68. The first kappa shape index (κ1) is 5.77. The number of hydrogen-bond acceptors (Lipinski definition) is 0. The van der Waals surface area contributed by atoms with E-state index in [4.69, 9.17) is 0 Å². The second-order valence-electron chi connectivity index (χ2n) is 2.31. The van der Waals surface area contributed by atoms with Gasteiger partial charge < -0.3 is 0 Å². The molecule has 0 amide bonds. The van der Waals surface area contributed by atoms with Gasteiger partial charge in [-0.2, -0.15) is 0 Å². The van der Waals surface area contributed by atoms with E-state index in [1.54, 1.807) is 14.8 Å². The summed E-state index contributed by atoms with van der Waals surface area (Å²) in [5, 5.41) is 0.